The van der Waals surface area contributed by atoms with Gasteiger partial charge in [0, 0.05) is 11.1 Å². The zero-order chi connectivity index (χ0) is 23.6. The third-order valence-electron chi connectivity index (χ3n) is 4.54. The summed E-state index contributed by atoms with van der Waals surface area (Å²) >= 11 is 13.2. The van der Waals surface area contributed by atoms with Crippen molar-refractivity contribution in [2.45, 2.75) is 26.2 Å². The molecule has 0 aromatic heterocycles. The minimum absolute atomic E-state index is 0.116. The minimum atomic E-state index is -1.05. The molecular formula is C24H20Cl2O6. The Kier molecular flexibility index (Phi) is 6.67. The van der Waals surface area contributed by atoms with Gasteiger partial charge in [-0.25, -0.2) is 9.59 Å². The summed E-state index contributed by atoms with van der Waals surface area (Å²) in [5.74, 6) is -0.970. The van der Waals surface area contributed by atoms with Crippen LogP contribution in [0.2, 0.25) is 10.0 Å². The minimum Gasteiger partial charge on any atom is -0.478 e. The fourth-order valence-corrected chi connectivity index (χ4v) is 4.06. The summed E-state index contributed by atoms with van der Waals surface area (Å²) in [7, 11) is 0. The Hall–Kier alpha value is -3.22. The first-order chi connectivity index (χ1) is 15.0. The van der Waals surface area contributed by atoms with Gasteiger partial charge in [0.05, 0.1) is 16.1 Å². The summed E-state index contributed by atoms with van der Waals surface area (Å²) in [5.41, 5.74) is 0.490. The van der Waals surface area contributed by atoms with Crippen LogP contribution in [0.1, 0.15) is 47.1 Å². The molecule has 0 heterocycles. The molecule has 0 amide bonds. The number of carbonyl (C=O) groups is 2. The fraction of sp³-hybridized carbons (Fsp3) is 0.167. The van der Waals surface area contributed by atoms with Crippen LogP contribution in [-0.2, 0) is 5.41 Å². The van der Waals surface area contributed by atoms with Crippen LogP contribution in [-0.4, -0.2) is 22.2 Å². The standard InChI is InChI=1S/C24H20Cl2O6/c1-24(2,3)19-17(25)12-18(31-15-8-4-13(5-9-15)22(27)28)21(20(19)26)32-16-10-6-14(7-11-16)23(29)30/h4-12H,1-3H3,(H,27,28)(H,29,30). The molecule has 0 saturated carbocycles. The molecule has 0 bridgehead atoms. The fourth-order valence-electron chi connectivity index (χ4n) is 3.01. The van der Waals surface area contributed by atoms with Crippen LogP contribution in [0.25, 0.3) is 0 Å². The molecule has 8 heteroatoms. The van der Waals surface area contributed by atoms with E-state index in [9.17, 15) is 9.59 Å². The summed E-state index contributed by atoms with van der Waals surface area (Å²) in [6, 6.07) is 13.3. The molecule has 3 aromatic carbocycles. The van der Waals surface area contributed by atoms with Crippen LogP contribution in [0.4, 0.5) is 0 Å². The maximum absolute atomic E-state index is 11.1. The number of hydrogen-bond acceptors (Lipinski definition) is 4. The van der Waals surface area contributed by atoms with Gasteiger partial charge in [-0.2, -0.15) is 0 Å². The molecule has 0 spiro atoms. The third kappa shape index (κ3) is 5.15. The van der Waals surface area contributed by atoms with Crippen LogP contribution < -0.4 is 9.47 Å². The zero-order valence-corrected chi connectivity index (χ0v) is 19.0. The highest BCUT2D eigenvalue weighted by Gasteiger charge is 2.27. The van der Waals surface area contributed by atoms with Gasteiger partial charge in [0.25, 0.3) is 0 Å². The van der Waals surface area contributed by atoms with Crippen LogP contribution in [0.5, 0.6) is 23.0 Å². The maximum atomic E-state index is 11.1. The first kappa shape index (κ1) is 23.4. The molecule has 3 aromatic rings. The van der Waals surface area contributed by atoms with Crippen molar-refractivity contribution in [3.05, 3.63) is 81.3 Å². The molecule has 0 fully saturated rings. The zero-order valence-electron chi connectivity index (χ0n) is 17.5. The number of halogens is 2. The lowest BCUT2D eigenvalue weighted by atomic mass is 9.86. The van der Waals surface area contributed by atoms with E-state index in [4.69, 9.17) is 42.9 Å². The van der Waals surface area contributed by atoms with Crippen LogP contribution in [0, 0.1) is 0 Å². The molecule has 3 rings (SSSR count). The monoisotopic (exact) mass is 474 g/mol. The molecule has 0 atom stereocenters. The molecule has 0 saturated heterocycles. The number of benzene rings is 3. The number of aromatic carboxylic acids is 2. The number of carboxylic acids is 2. The predicted octanol–water partition coefficient (Wildman–Crippen LogP) is 7.27. The lowest BCUT2D eigenvalue weighted by Crippen LogP contribution is -2.13. The Bertz CT molecular complexity index is 1160. The van der Waals surface area contributed by atoms with E-state index in [1.54, 1.807) is 6.07 Å². The summed E-state index contributed by atoms with van der Waals surface area (Å²) in [5, 5.41) is 18.8. The Morgan fingerprint density at radius 3 is 1.62 bits per heavy atom. The van der Waals surface area contributed by atoms with Gasteiger partial charge in [-0.05, 0) is 59.5 Å². The Labute approximate surface area is 194 Å². The molecule has 6 nitrogen and oxygen atoms in total. The predicted molar refractivity (Wildman–Crippen MR) is 122 cm³/mol. The third-order valence-corrected chi connectivity index (χ3v) is 5.20. The molecule has 0 aliphatic rings. The largest absolute Gasteiger partial charge is 0.478 e. The van der Waals surface area contributed by atoms with Gasteiger partial charge in [0.15, 0.2) is 11.5 Å². The number of carboxylic acid groups (broad SMARTS) is 2. The van der Waals surface area contributed by atoms with Crippen molar-refractivity contribution in [1.29, 1.82) is 0 Å². The van der Waals surface area contributed by atoms with Crippen LogP contribution in [0.15, 0.2) is 54.6 Å². The van der Waals surface area contributed by atoms with Gasteiger partial charge in [-0.1, -0.05) is 44.0 Å². The van der Waals surface area contributed by atoms with Crippen molar-refractivity contribution in [3.8, 4) is 23.0 Å². The Morgan fingerprint density at radius 1 is 0.781 bits per heavy atom. The summed E-state index contributed by atoms with van der Waals surface area (Å²) < 4.78 is 11.9. The summed E-state index contributed by atoms with van der Waals surface area (Å²) in [4.78, 5) is 22.2. The Morgan fingerprint density at radius 2 is 1.22 bits per heavy atom. The molecule has 0 unspecified atom stereocenters. The van der Waals surface area contributed by atoms with Gasteiger partial charge in [0.1, 0.15) is 11.5 Å². The van der Waals surface area contributed by atoms with Crippen molar-refractivity contribution in [1.82, 2.24) is 0 Å². The summed E-state index contributed by atoms with van der Waals surface area (Å²) in [6.07, 6.45) is 0. The normalized spacial score (nSPS) is 11.2. The van der Waals surface area contributed by atoms with Crippen LogP contribution in [0.3, 0.4) is 0 Å². The highest BCUT2D eigenvalue weighted by Crippen LogP contribution is 2.48. The molecule has 0 radical (unpaired) electrons. The first-order valence-corrected chi connectivity index (χ1v) is 10.3. The van der Waals surface area contributed by atoms with E-state index >= 15 is 0 Å². The van der Waals surface area contributed by atoms with Gasteiger partial charge in [0.2, 0.25) is 0 Å². The van der Waals surface area contributed by atoms with E-state index in [-0.39, 0.29) is 27.6 Å². The molecule has 0 aliphatic heterocycles. The highest BCUT2D eigenvalue weighted by molar-refractivity contribution is 6.37. The van der Waals surface area contributed by atoms with Crippen molar-refractivity contribution < 1.29 is 29.3 Å². The molecular weight excluding hydrogens is 455 g/mol. The number of rotatable bonds is 6. The highest BCUT2D eigenvalue weighted by atomic mass is 35.5. The quantitative estimate of drug-likeness (QED) is 0.389. The lowest BCUT2D eigenvalue weighted by molar-refractivity contribution is 0.0686. The second kappa shape index (κ2) is 9.10. The topological polar surface area (TPSA) is 93.1 Å². The van der Waals surface area contributed by atoms with E-state index in [1.165, 1.54) is 48.5 Å². The molecule has 2 N–H and O–H groups in total. The van der Waals surface area contributed by atoms with E-state index in [2.05, 4.69) is 0 Å². The average Bonchev–Trinajstić information content (AvgIpc) is 2.70. The second-order valence-corrected chi connectivity index (χ2v) is 8.77. The second-order valence-electron chi connectivity index (χ2n) is 7.99. The molecule has 0 aliphatic carbocycles. The van der Waals surface area contributed by atoms with E-state index in [1.807, 2.05) is 20.8 Å². The Balaban J connectivity index is 2.06. The van der Waals surface area contributed by atoms with E-state index < -0.39 is 17.4 Å². The first-order valence-electron chi connectivity index (χ1n) is 9.52. The molecule has 32 heavy (non-hydrogen) atoms. The average molecular weight is 475 g/mol. The van der Waals surface area contributed by atoms with E-state index in [0.717, 1.165) is 0 Å². The van der Waals surface area contributed by atoms with Crippen molar-refractivity contribution in [2.24, 2.45) is 0 Å². The lowest BCUT2D eigenvalue weighted by Gasteiger charge is -2.25. The number of ether oxygens (including phenoxy) is 2. The SMILES string of the molecule is CC(C)(C)c1c(Cl)cc(Oc2ccc(C(=O)O)cc2)c(Oc2ccc(C(=O)O)cc2)c1Cl. The van der Waals surface area contributed by atoms with Gasteiger partial charge in [-0.15, -0.1) is 0 Å². The van der Waals surface area contributed by atoms with E-state index in [0.29, 0.717) is 22.1 Å². The van der Waals surface area contributed by atoms with Crippen molar-refractivity contribution in [3.63, 3.8) is 0 Å². The molecule has 166 valence electrons. The maximum Gasteiger partial charge on any atom is 0.335 e. The van der Waals surface area contributed by atoms with Crippen molar-refractivity contribution >= 4 is 35.1 Å². The smallest absolute Gasteiger partial charge is 0.335 e. The number of hydrogen-bond donors (Lipinski definition) is 2. The summed E-state index contributed by atoms with van der Waals surface area (Å²) in [6.45, 7) is 5.87. The van der Waals surface area contributed by atoms with Crippen molar-refractivity contribution in [2.75, 3.05) is 0 Å². The van der Waals surface area contributed by atoms with Crippen LogP contribution >= 0.6 is 23.2 Å². The van der Waals surface area contributed by atoms with Gasteiger partial charge >= 0.3 is 11.9 Å². The van der Waals surface area contributed by atoms with Gasteiger partial charge in [-0.3, -0.25) is 0 Å². The van der Waals surface area contributed by atoms with Gasteiger partial charge < -0.3 is 19.7 Å².